The standard InChI is InChI=1S/C19H26N6O3.ClH/c1-14-18(19(26)21-5-2-8-24-9-6-20-7-10-24)22-23-25(14)15-3-4-16-17(13-15)28-12-11-27-16;/h3-4,13,20H,2,5-12H2,1H3,(H,21,26);1H. The molecule has 0 bridgehead atoms. The molecule has 158 valence electrons. The molecule has 0 unspecified atom stereocenters. The summed E-state index contributed by atoms with van der Waals surface area (Å²) in [7, 11) is 0. The summed E-state index contributed by atoms with van der Waals surface area (Å²) in [5, 5.41) is 14.5. The Morgan fingerprint density at radius 3 is 2.76 bits per heavy atom. The molecule has 0 atom stereocenters. The van der Waals surface area contributed by atoms with E-state index in [9.17, 15) is 4.79 Å². The van der Waals surface area contributed by atoms with Crippen molar-refractivity contribution < 1.29 is 14.3 Å². The van der Waals surface area contributed by atoms with Crippen LogP contribution in [0.3, 0.4) is 0 Å². The molecule has 2 aliphatic heterocycles. The van der Waals surface area contributed by atoms with Gasteiger partial charge in [-0.3, -0.25) is 4.79 Å². The van der Waals surface area contributed by atoms with Crippen LogP contribution < -0.4 is 20.1 Å². The predicted octanol–water partition coefficient (Wildman–Crippen LogP) is 0.794. The Kier molecular flexibility index (Phi) is 7.29. The summed E-state index contributed by atoms with van der Waals surface area (Å²) >= 11 is 0. The van der Waals surface area contributed by atoms with E-state index in [4.69, 9.17) is 9.47 Å². The zero-order valence-corrected chi connectivity index (χ0v) is 17.3. The molecule has 1 amide bonds. The summed E-state index contributed by atoms with van der Waals surface area (Å²) in [5.41, 5.74) is 1.82. The van der Waals surface area contributed by atoms with Gasteiger partial charge in [0.1, 0.15) is 13.2 Å². The molecular weight excluding hydrogens is 396 g/mol. The van der Waals surface area contributed by atoms with Gasteiger partial charge in [-0.2, -0.15) is 0 Å². The molecule has 9 nitrogen and oxygen atoms in total. The number of benzene rings is 1. The van der Waals surface area contributed by atoms with Crippen LogP contribution in [0.1, 0.15) is 22.6 Å². The minimum atomic E-state index is -0.193. The first-order chi connectivity index (χ1) is 13.7. The lowest BCUT2D eigenvalue weighted by Crippen LogP contribution is -2.44. The quantitative estimate of drug-likeness (QED) is 0.665. The van der Waals surface area contributed by atoms with Gasteiger partial charge in [-0.15, -0.1) is 17.5 Å². The van der Waals surface area contributed by atoms with Crippen molar-refractivity contribution in [2.45, 2.75) is 13.3 Å². The second-order valence-electron chi connectivity index (χ2n) is 6.96. The number of aromatic nitrogens is 3. The fraction of sp³-hybridized carbons (Fsp3) is 0.526. The molecule has 10 heteroatoms. The number of carbonyl (C=O) groups excluding carboxylic acids is 1. The SMILES string of the molecule is Cc1c(C(=O)NCCCN2CCNCC2)nnn1-c1ccc2c(c1)OCCO2.Cl. The van der Waals surface area contributed by atoms with Crippen LogP contribution in [0.2, 0.25) is 0 Å². The summed E-state index contributed by atoms with van der Waals surface area (Å²) in [4.78, 5) is 14.9. The van der Waals surface area contributed by atoms with E-state index in [1.165, 1.54) is 0 Å². The lowest BCUT2D eigenvalue weighted by atomic mass is 10.2. The van der Waals surface area contributed by atoms with Gasteiger partial charge < -0.3 is 25.0 Å². The minimum absolute atomic E-state index is 0. The highest BCUT2D eigenvalue weighted by Crippen LogP contribution is 2.32. The smallest absolute Gasteiger partial charge is 0.273 e. The highest BCUT2D eigenvalue weighted by atomic mass is 35.5. The molecule has 0 spiro atoms. The monoisotopic (exact) mass is 422 g/mol. The summed E-state index contributed by atoms with van der Waals surface area (Å²) in [5.74, 6) is 1.20. The Morgan fingerprint density at radius 2 is 1.97 bits per heavy atom. The molecule has 2 aliphatic rings. The maximum atomic E-state index is 12.5. The largest absolute Gasteiger partial charge is 0.486 e. The van der Waals surface area contributed by atoms with Crippen molar-refractivity contribution >= 4 is 18.3 Å². The second-order valence-corrected chi connectivity index (χ2v) is 6.96. The lowest BCUT2D eigenvalue weighted by Gasteiger charge is -2.26. The number of amides is 1. The van der Waals surface area contributed by atoms with Crippen molar-refractivity contribution in [1.29, 1.82) is 0 Å². The Bertz CT molecular complexity index is 837. The van der Waals surface area contributed by atoms with Crippen LogP contribution in [0.5, 0.6) is 11.5 Å². The fourth-order valence-electron chi connectivity index (χ4n) is 3.47. The van der Waals surface area contributed by atoms with Crippen LogP contribution in [-0.2, 0) is 0 Å². The number of rotatable bonds is 6. The van der Waals surface area contributed by atoms with Crippen molar-refractivity contribution in [3.05, 3.63) is 29.6 Å². The number of nitrogens with one attached hydrogen (secondary N) is 2. The van der Waals surface area contributed by atoms with Crippen LogP contribution in [0, 0.1) is 6.92 Å². The first-order valence-corrected chi connectivity index (χ1v) is 9.76. The highest BCUT2D eigenvalue weighted by Gasteiger charge is 2.19. The first-order valence-electron chi connectivity index (χ1n) is 9.76. The Morgan fingerprint density at radius 1 is 1.21 bits per heavy atom. The Balaban J connectivity index is 0.00000240. The average molecular weight is 423 g/mol. The van der Waals surface area contributed by atoms with Crippen molar-refractivity contribution in [3.8, 4) is 17.2 Å². The number of piperazine rings is 1. The van der Waals surface area contributed by atoms with Gasteiger partial charge in [-0.1, -0.05) is 5.21 Å². The lowest BCUT2D eigenvalue weighted by molar-refractivity contribution is 0.0945. The third-order valence-corrected chi connectivity index (χ3v) is 5.03. The molecule has 0 aliphatic carbocycles. The van der Waals surface area contributed by atoms with Gasteiger partial charge in [0.25, 0.3) is 5.91 Å². The second kappa shape index (κ2) is 9.91. The van der Waals surface area contributed by atoms with Crippen molar-refractivity contribution in [2.75, 3.05) is 52.5 Å². The number of nitrogens with zero attached hydrogens (tertiary/aromatic N) is 4. The first kappa shape index (κ1) is 21.4. The number of ether oxygens (including phenoxy) is 2. The van der Waals surface area contributed by atoms with Gasteiger partial charge in [0.05, 0.1) is 11.4 Å². The molecule has 1 aromatic carbocycles. The van der Waals surface area contributed by atoms with E-state index in [-0.39, 0.29) is 18.3 Å². The molecule has 1 saturated heterocycles. The molecule has 4 rings (SSSR count). The van der Waals surface area contributed by atoms with Crippen LogP contribution >= 0.6 is 12.4 Å². The summed E-state index contributed by atoms with van der Waals surface area (Å²) in [6.07, 6.45) is 0.918. The number of hydrogen-bond acceptors (Lipinski definition) is 7. The van der Waals surface area contributed by atoms with Gasteiger partial charge in [0.2, 0.25) is 0 Å². The topological polar surface area (TPSA) is 93.5 Å². The normalized spacial score (nSPS) is 16.2. The Labute approximate surface area is 176 Å². The molecule has 3 heterocycles. The van der Waals surface area contributed by atoms with E-state index in [0.717, 1.165) is 50.6 Å². The predicted molar refractivity (Wildman–Crippen MR) is 111 cm³/mol. The van der Waals surface area contributed by atoms with Gasteiger partial charge in [0, 0.05) is 38.8 Å². The third kappa shape index (κ3) is 4.98. The van der Waals surface area contributed by atoms with Crippen molar-refractivity contribution in [2.24, 2.45) is 0 Å². The summed E-state index contributed by atoms with van der Waals surface area (Å²) in [6.45, 7) is 8.73. The van der Waals surface area contributed by atoms with Gasteiger partial charge in [-0.05, 0) is 32.0 Å². The van der Waals surface area contributed by atoms with E-state index < -0.39 is 0 Å². The summed E-state index contributed by atoms with van der Waals surface area (Å²) < 4.78 is 12.8. The maximum Gasteiger partial charge on any atom is 0.273 e. The van der Waals surface area contributed by atoms with Crippen molar-refractivity contribution in [1.82, 2.24) is 30.5 Å². The van der Waals surface area contributed by atoms with E-state index in [1.54, 1.807) is 4.68 Å². The molecule has 29 heavy (non-hydrogen) atoms. The molecule has 2 aromatic rings. The van der Waals surface area contributed by atoms with E-state index in [2.05, 4.69) is 25.8 Å². The van der Waals surface area contributed by atoms with Crippen LogP contribution in [0.15, 0.2) is 18.2 Å². The maximum absolute atomic E-state index is 12.5. The van der Waals surface area contributed by atoms with Crippen LogP contribution in [-0.4, -0.2) is 78.3 Å². The minimum Gasteiger partial charge on any atom is -0.486 e. The zero-order valence-electron chi connectivity index (χ0n) is 16.5. The Hall–Kier alpha value is -2.36. The molecule has 0 saturated carbocycles. The van der Waals surface area contributed by atoms with Gasteiger partial charge in [-0.25, -0.2) is 4.68 Å². The van der Waals surface area contributed by atoms with E-state index in [0.29, 0.717) is 36.9 Å². The van der Waals surface area contributed by atoms with Crippen molar-refractivity contribution in [3.63, 3.8) is 0 Å². The number of fused-ring (bicyclic) bond motifs is 1. The molecule has 1 fully saturated rings. The molecular formula is C19H27ClN6O3. The molecule has 1 aromatic heterocycles. The third-order valence-electron chi connectivity index (χ3n) is 5.03. The van der Waals surface area contributed by atoms with Crippen LogP contribution in [0.4, 0.5) is 0 Å². The highest BCUT2D eigenvalue weighted by molar-refractivity contribution is 5.93. The molecule has 2 N–H and O–H groups in total. The fourth-order valence-corrected chi connectivity index (χ4v) is 3.47. The summed E-state index contributed by atoms with van der Waals surface area (Å²) in [6, 6.07) is 5.58. The van der Waals surface area contributed by atoms with E-state index in [1.807, 2.05) is 25.1 Å². The number of hydrogen-bond donors (Lipinski definition) is 2. The van der Waals surface area contributed by atoms with Gasteiger partial charge in [0.15, 0.2) is 17.2 Å². The number of carbonyl (C=O) groups is 1. The molecule has 0 radical (unpaired) electrons. The van der Waals surface area contributed by atoms with Crippen LogP contribution in [0.25, 0.3) is 5.69 Å². The van der Waals surface area contributed by atoms with E-state index >= 15 is 0 Å². The zero-order chi connectivity index (χ0) is 19.3. The van der Waals surface area contributed by atoms with Gasteiger partial charge >= 0.3 is 0 Å². The average Bonchev–Trinajstić information content (AvgIpc) is 3.13. The number of halogens is 1.